The van der Waals surface area contributed by atoms with Crippen LogP contribution in [0.15, 0.2) is 59.8 Å². The number of thioether (sulfide) groups is 1. The van der Waals surface area contributed by atoms with Gasteiger partial charge in [-0.15, -0.1) is 10.2 Å². The molecule has 2 aromatic carbocycles. The third kappa shape index (κ3) is 4.89. The molecule has 3 rings (SSSR count). The van der Waals surface area contributed by atoms with Crippen LogP contribution in [0.3, 0.4) is 0 Å². The van der Waals surface area contributed by atoms with E-state index in [1.807, 2.05) is 37.4 Å². The number of amides is 2. The van der Waals surface area contributed by atoms with E-state index < -0.39 is 5.91 Å². The number of rotatable bonds is 8. The molecule has 0 atom stereocenters. The van der Waals surface area contributed by atoms with E-state index in [4.69, 9.17) is 10.5 Å². The highest BCUT2D eigenvalue weighted by molar-refractivity contribution is 7.99. The molecule has 0 radical (unpaired) electrons. The number of aromatic nitrogens is 3. The summed E-state index contributed by atoms with van der Waals surface area (Å²) in [6.45, 7) is 0.270. The van der Waals surface area contributed by atoms with Gasteiger partial charge in [-0.25, -0.2) is 0 Å². The van der Waals surface area contributed by atoms with Gasteiger partial charge in [-0.3, -0.25) is 9.59 Å². The van der Waals surface area contributed by atoms with E-state index in [1.54, 1.807) is 28.8 Å². The minimum absolute atomic E-state index is 0.110. The number of nitrogens with one attached hydrogen (secondary N) is 1. The number of carbonyl (C=O) groups excluding carboxylic acids is 2. The van der Waals surface area contributed by atoms with Gasteiger partial charge in [0, 0.05) is 7.05 Å². The molecule has 8 nitrogen and oxygen atoms in total. The Morgan fingerprint density at radius 2 is 1.82 bits per heavy atom. The van der Waals surface area contributed by atoms with Crippen LogP contribution in [0.4, 0.5) is 5.69 Å². The third-order valence-corrected chi connectivity index (χ3v) is 4.86. The van der Waals surface area contributed by atoms with Crippen molar-refractivity contribution < 1.29 is 14.3 Å². The summed E-state index contributed by atoms with van der Waals surface area (Å²) in [5, 5.41) is 11.5. The number of para-hydroxylation sites is 2. The van der Waals surface area contributed by atoms with E-state index in [1.165, 1.54) is 11.8 Å². The summed E-state index contributed by atoms with van der Waals surface area (Å²) in [5.74, 6) is 0.625. The Morgan fingerprint density at radius 1 is 1.11 bits per heavy atom. The lowest BCUT2D eigenvalue weighted by Crippen LogP contribution is -2.19. The van der Waals surface area contributed by atoms with Crippen molar-refractivity contribution in [2.75, 3.05) is 11.1 Å². The van der Waals surface area contributed by atoms with Crippen LogP contribution in [0.1, 0.15) is 16.2 Å². The summed E-state index contributed by atoms with van der Waals surface area (Å²) in [6.07, 6.45) is 0. The number of benzene rings is 2. The normalized spacial score (nSPS) is 10.5. The van der Waals surface area contributed by atoms with Crippen LogP contribution in [0.5, 0.6) is 5.75 Å². The second-order valence-corrected chi connectivity index (χ2v) is 6.75. The van der Waals surface area contributed by atoms with Gasteiger partial charge in [-0.1, -0.05) is 42.1 Å². The molecular formula is C19H19N5O3S. The molecule has 2 amide bonds. The standard InChI is InChI=1S/C19H19N5O3S/c1-24-16(11-27-13-7-3-2-4-8-13)22-23-19(24)28-12-17(25)21-15-10-6-5-9-14(15)18(20)26/h2-10H,11-12H2,1H3,(H2,20,26)(H,21,25). The largest absolute Gasteiger partial charge is 0.486 e. The maximum Gasteiger partial charge on any atom is 0.250 e. The van der Waals surface area contributed by atoms with Crippen molar-refractivity contribution in [2.45, 2.75) is 11.8 Å². The van der Waals surface area contributed by atoms with E-state index in [2.05, 4.69) is 15.5 Å². The summed E-state index contributed by atoms with van der Waals surface area (Å²) in [7, 11) is 1.81. The van der Waals surface area contributed by atoms with Crippen LogP contribution in [-0.2, 0) is 18.4 Å². The monoisotopic (exact) mass is 397 g/mol. The van der Waals surface area contributed by atoms with Crippen LogP contribution in [0.25, 0.3) is 0 Å². The van der Waals surface area contributed by atoms with Crippen molar-refractivity contribution in [3.05, 3.63) is 66.0 Å². The first kappa shape index (κ1) is 19.4. The SMILES string of the molecule is Cn1c(COc2ccccc2)nnc1SCC(=O)Nc1ccccc1C(N)=O. The van der Waals surface area contributed by atoms with Gasteiger partial charge in [0.15, 0.2) is 11.0 Å². The van der Waals surface area contributed by atoms with Crippen molar-refractivity contribution in [3.8, 4) is 5.75 Å². The van der Waals surface area contributed by atoms with Gasteiger partial charge in [0.05, 0.1) is 17.0 Å². The number of carbonyl (C=O) groups is 2. The predicted octanol–water partition coefficient (Wildman–Crippen LogP) is 2.22. The number of hydrogen-bond donors (Lipinski definition) is 2. The van der Waals surface area contributed by atoms with Crippen molar-refractivity contribution >= 4 is 29.3 Å². The minimum atomic E-state index is -0.597. The Hall–Kier alpha value is -3.33. The molecule has 0 aliphatic rings. The smallest absolute Gasteiger partial charge is 0.250 e. The van der Waals surface area contributed by atoms with Crippen molar-refractivity contribution in [1.82, 2.24) is 14.8 Å². The Labute approximate surface area is 166 Å². The summed E-state index contributed by atoms with van der Waals surface area (Å²) < 4.78 is 7.45. The van der Waals surface area contributed by atoms with Gasteiger partial charge >= 0.3 is 0 Å². The van der Waals surface area contributed by atoms with Crippen molar-refractivity contribution in [3.63, 3.8) is 0 Å². The predicted molar refractivity (Wildman–Crippen MR) is 106 cm³/mol. The summed E-state index contributed by atoms with van der Waals surface area (Å²) in [4.78, 5) is 23.6. The zero-order chi connectivity index (χ0) is 19.9. The highest BCUT2D eigenvalue weighted by Gasteiger charge is 2.14. The molecule has 3 aromatic rings. The van der Waals surface area contributed by atoms with Gasteiger partial charge < -0.3 is 20.4 Å². The summed E-state index contributed by atoms with van der Waals surface area (Å²) in [5.41, 5.74) is 5.97. The molecule has 9 heteroatoms. The van der Waals surface area contributed by atoms with Gasteiger partial charge in [-0.05, 0) is 24.3 Å². The van der Waals surface area contributed by atoms with Gasteiger partial charge in [-0.2, -0.15) is 0 Å². The topological polar surface area (TPSA) is 112 Å². The fraction of sp³-hybridized carbons (Fsp3) is 0.158. The lowest BCUT2D eigenvalue weighted by atomic mass is 10.1. The molecule has 0 fully saturated rings. The second-order valence-electron chi connectivity index (χ2n) is 5.81. The average Bonchev–Trinajstić information content (AvgIpc) is 3.05. The maximum absolute atomic E-state index is 12.2. The molecule has 0 aliphatic heterocycles. The van der Waals surface area contributed by atoms with E-state index in [9.17, 15) is 9.59 Å². The quantitative estimate of drug-likeness (QED) is 0.564. The Bertz CT molecular complexity index is 975. The van der Waals surface area contributed by atoms with Crippen LogP contribution < -0.4 is 15.8 Å². The summed E-state index contributed by atoms with van der Waals surface area (Å²) >= 11 is 1.24. The molecule has 1 heterocycles. The highest BCUT2D eigenvalue weighted by Crippen LogP contribution is 2.19. The molecule has 0 aliphatic carbocycles. The molecular weight excluding hydrogens is 378 g/mol. The lowest BCUT2D eigenvalue weighted by molar-refractivity contribution is -0.113. The first-order chi connectivity index (χ1) is 13.5. The molecule has 0 saturated heterocycles. The summed E-state index contributed by atoms with van der Waals surface area (Å²) in [6, 6.07) is 16.0. The van der Waals surface area contributed by atoms with E-state index in [-0.39, 0.29) is 23.8 Å². The second kappa shape index (κ2) is 9.05. The molecule has 28 heavy (non-hydrogen) atoms. The van der Waals surface area contributed by atoms with Crippen LogP contribution in [0, 0.1) is 0 Å². The lowest BCUT2D eigenvalue weighted by Gasteiger charge is -2.09. The number of nitrogens with zero attached hydrogens (tertiary/aromatic N) is 3. The van der Waals surface area contributed by atoms with Crippen LogP contribution in [-0.4, -0.2) is 32.3 Å². The van der Waals surface area contributed by atoms with E-state index >= 15 is 0 Å². The number of hydrogen-bond acceptors (Lipinski definition) is 6. The van der Waals surface area contributed by atoms with E-state index in [0.717, 1.165) is 5.75 Å². The number of primary amides is 1. The first-order valence-electron chi connectivity index (χ1n) is 8.42. The zero-order valence-electron chi connectivity index (χ0n) is 15.2. The molecule has 0 spiro atoms. The molecule has 3 N–H and O–H groups in total. The van der Waals surface area contributed by atoms with Gasteiger partial charge in [0.2, 0.25) is 5.91 Å². The van der Waals surface area contributed by atoms with Crippen molar-refractivity contribution in [1.29, 1.82) is 0 Å². The number of ether oxygens (including phenoxy) is 1. The number of nitrogens with two attached hydrogens (primary N) is 1. The zero-order valence-corrected chi connectivity index (χ0v) is 16.0. The van der Waals surface area contributed by atoms with Gasteiger partial charge in [0.1, 0.15) is 12.4 Å². The molecule has 0 unspecified atom stereocenters. The Morgan fingerprint density at radius 3 is 2.57 bits per heavy atom. The molecule has 0 saturated carbocycles. The Balaban J connectivity index is 1.56. The Kier molecular flexibility index (Phi) is 6.28. The number of anilines is 1. The van der Waals surface area contributed by atoms with E-state index in [0.29, 0.717) is 16.7 Å². The first-order valence-corrected chi connectivity index (χ1v) is 9.40. The molecule has 1 aromatic heterocycles. The highest BCUT2D eigenvalue weighted by atomic mass is 32.2. The maximum atomic E-state index is 12.2. The third-order valence-electron chi connectivity index (χ3n) is 3.84. The van der Waals surface area contributed by atoms with Crippen LogP contribution in [0.2, 0.25) is 0 Å². The molecule has 144 valence electrons. The molecule has 0 bridgehead atoms. The van der Waals surface area contributed by atoms with Crippen LogP contribution >= 0.6 is 11.8 Å². The fourth-order valence-electron chi connectivity index (χ4n) is 2.38. The fourth-order valence-corrected chi connectivity index (χ4v) is 3.11. The van der Waals surface area contributed by atoms with Crippen molar-refractivity contribution in [2.24, 2.45) is 12.8 Å². The average molecular weight is 397 g/mol. The minimum Gasteiger partial charge on any atom is -0.486 e. The van der Waals surface area contributed by atoms with Gasteiger partial charge in [0.25, 0.3) is 5.91 Å².